The molecule has 7 heavy (non-hydrogen) atoms. The molecule has 0 aromatic carbocycles. The third-order valence-corrected chi connectivity index (χ3v) is 0.829. The number of hydrogen-bond acceptors (Lipinski definition) is 1. The molecule has 0 saturated heterocycles. The van der Waals surface area contributed by atoms with Gasteiger partial charge in [0.25, 0.3) is 0 Å². The minimum atomic E-state index is 0.0764. The van der Waals surface area contributed by atoms with Crippen molar-refractivity contribution in [2.75, 3.05) is 0 Å². The Morgan fingerprint density at radius 3 is 2.14 bits per heavy atom. The molecule has 2 nitrogen and oxygen atoms in total. The van der Waals surface area contributed by atoms with Gasteiger partial charge in [0.1, 0.15) is 6.73 Å². The van der Waals surface area contributed by atoms with Crippen LogP contribution in [0.25, 0.3) is 0 Å². The van der Waals surface area contributed by atoms with E-state index >= 15 is 0 Å². The van der Waals surface area contributed by atoms with E-state index in [2.05, 4.69) is 0 Å². The maximum Gasteiger partial charge on any atom is 0.119 e. The zero-order valence-corrected chi connectivity index (χ0v) is 3.91. The Bertz CT molecular complexity index is 123. The molecule has 0 unspecified atom stereocenters. The van der Waals surface area contributed by atoms with Gasteiger partial charge in [-0.25, -0.2) is 0 Å². The van der Waals surface area contributed by atoms with E-state index in [0.717, 1.165) is 0 Å². The molecule has 1 aromatic heterocycles. The Balaban J connectivity index is 2.76. The SMILES string of the molecule is OCn1cccc1. The van der Waals surface area contributed by atoms with Gasteiger partial charge in [0.05, 0.1) is 0 Å². The lowest BCUT2D eigenvalue weighted by molar-refractivity contribution is 0.211. The van der Waals surface area contributed by atoms with E-state index in [1.807, 2.05) is 12.1 Å². The van der Waals surface area contributed by atoms with Gasteiger partial charge < -0.3 is 9.67 Å². The summed E-state index contributed by atoms with van der Waals surface area (Å²) < 4.78 is 1.68. The van der Waals surface area contributed by atoms with Gasteiger partial charge in [0.15, 0.2) is 0 Å². The Hall–Kier alpha value is -0.760. The average molecular weight is 97.1 g/mol. The van der Waals surface area contributed by atoms with Crippen molar-refractivity contribution in [1.82, 2.24) is 4.57 Å². The van der Waals surface area contributed by atoms with Crippen molar-refractivity contribution in [2.24, 2.45) is 0 Å². The van der Waals surface area contributed by atoms with Crippen LogP contribution in [0.15, 0.2) is 24.5 Å². The second-order valence-electron chi connectivity index (χ2n) is 1.34. The predicted molar refractivity (Wildman–Crippen MR) is 26.7 cm³/mol. The third-order valence-electron chi connectivity index (χ3n) is 0.829. The molecule has 0 bridgehead atoms. The summed E-state index contributed by atoms with van der Waals surface area (Å²) in [6.45, 7) is 0.0764. The van der Waals surface area contributed by atoms with E-state index in [1.165, 1.54) is 0 Å². The fourth-order valence-corrected chi connectivity index (χ4v) is 0.464. The number of aromatic nitrogens is 1. The Morgan fingerprint density at radius 2 is 1.86 bits per heavy atom. The first-order chi connectivity index (χ1) is 3.43. The summed E-state index contributed by atoms with van der Waals surface area (Å²) in [4.78, 5) is 0. The van der Waals surface area contributed by atoms with Crippen LogP contribution < -0.4 is 0 Å². The molecule has 2 heteroatoms. The quantitative estimate of drug-likeness (QED) is 0.540. The molecule has 1 heterocycles. The van der Waals surface area contributed by atoms with Crippen molar-refractivity contribution in [2.45, 2.75) is 6.73 Å². The van der Waals surface area contributed by atoms with Crippen LogP contribution >= 0.6 is 0 Å². The highest BCUT2D eigenvalue weighted by molar-refractivity contribution is 4.89. The minimum absolute atomic E-state index is 0.0764. The highest BCUT2D eigenvalue weighted by atomic mass is 16.3. The van der Waals surface area contributed by atoms with Crippen LogP contribution in [0.1, 0.15) is 0 Å². The number of aliphatic hydroxyl groups excluding tert-OH is 1. The van der Waals surface area contributed by atoms with E-state index in [-0.39, 0.29) is 6.73 Å². The molecule has 1 aromatic rings. The first-order valence-corrected chi connectivity index (χ1v) is 2.15. The second kappa shape index (κ2) is 1.80. The van der Waals surface area contributed by atoms with Gasteiger partial charge in [0, 0.05) is 12.4 Å². The predicted octanol–water partition coefficient (Wildman–Crippen LogP) is 0.438. The summed E-state index contributed by atoms with van der Waals surface area (Å²) in [5.74, 6) is 0. The molecule has 38 valence electrons. The first-order valence-electron chi connectivity index (χ1n) is 2.15. The van der Waals surface area contributed by atoms with Crippen LogP contribution in [-0.2, 0) is 6.73 Å². The van der Waals surface area contributed by atoms with Crippen LogP contribution in [0.2, 0.25) is 0 Å². The second-order valence-corrected chi connectivity index (χ2v) is 1.34. The van der Waals surface area contributed by atoms with Crippen molar-refractivity contribution in [3.05, 3.63) is 24.5 Å². The number of aliphatic hydroxyl groups is 1. The monoisotopic (exact) mass is 97.1 g/mol. The molecule has 0 aliphatic heterocycles. The fourth-order valence-electron chi connectivity index (χ4n) is 0.464. The molecule has 1 N–H and O–H groups in total. The fraction of sp³-hybridized carbons (Fsp3) is 0.200. The molecule has 0 aliphatic rings. The maximum absolute atomic E-state index is 8.39. The molecular formula is C5H7NO. The van der Waals surface area contributed by atoms with Crippen molar-refractivity contribution < 1.29 is 5.11 Å². The molecule has 0 fully saturated rings. The minimum Gasteiger partial charge on any atom is -0.376 e. The van der Waals surface area contributed by atoms with Gasteiger partial charge in [-0.15, -0.1) is 0 Å². The van der Waals surface area contributed by atoms with Gasteiger partial charge in [-0.2, -0.15) is 0 Å². The largest absolute Gasteiger partial charge is 0.376 e. The molecule has 0 saturated carbocycles. The lowest BCUT2D eigenvalue weighted by Gasteiger charge is -1.89. The van der Waals surface area contributed by atoms with Gasteiger partial charge in [-0.05, 0) is 12.1 Å². The zero-order chi connectivity index (χ0) is 5.11. The smallest absolute Gasteiger partial charge is 0.119 e. The number of rotatable bonds is 1. The molecule has 0 amide bonds. The van der Waals surface area contributed by atoms with E-state index in [9.17, 15) is 0 Å². The standard InChI is InChI=1S/C5H7NO/c7-5-6-3-1-2-4-6/h1-4,7H,5H2. The summed E-state index contributed by atoms with van der Waals surface area (Å²) in [6.07, 6.45) is 3.61. The van der Waals surface area contributed by atoms with Crippen LogP contribution in [-0.4, -0.2) is 9.67 Å². The van der Waals surface area contributed by atoms with Crippen LogP contribution in [0.3, 0.4) is 0 Å². The van der Waals surface area contributed by atoms with Crippen LogP contribution in [0.4, 0.5) is 0 Å². The molecule has 1 rings (SSSR count). The number of hydrogen-bond donors (Lipinski definition) is 1. The van der Waals surface area contributed by atoms with E-state index in [1.54, 1.807) is 17.0 Å². The summed E-state index contributed by atoms with van der Waals surface area (Å²) in [7, 11) is 0. The molecule has 0 radical (unpaired) electrons. The summed E-state index contributed by atoms with van der Waals surface area (Å²) in [6, 6.07) is 3.74. The molecular weight excluding hydrogens is 90.1 g/mol. The lowest BCUT2D eigenvalue weighted by Crippen LogP contribution is -1.89. The highest BCUT2D eigenvalue weighted by Crippen LogP contribution is 1.84. The number of nitrogens with zero attached hydrogens (tertiary/aromatic N) is 1. The Labute approximate surface area is 42.0 Å². The van der Waals surface area contributed by atoms with Crippen molar-refractivity contribution in [3.8, 4) is 0 Å². The van der Waals surface area contributed by atoms with Crippen molar-refractivity contribution >= 4 is 0 Å². The van der Waals surface area contributed by atoms with Crippen molar-refractivity contribution in [3.63, 3.8) is 0 Å². The van der Waals surface area contributed by atoms with Gasteiger partial charge in [-0.3, -0.25) is 0 Å². The van der Waals surface area contributed by atoms with Crippen molar-refractivity contribution in [1.29, 1.82) is 0 Å². The van der Waals surface area contributed by atoms with E-state index in [4.69, 9.17) is 5.11 Å². The van der Waals surface area contributed by atoms with Crippen LogP contribution in [0, 0.1) is 0 Å². The van der Waals surface area contributed by atoms with Gasteiger partial charge >= 0.3 is 0 Å². The van der Waals surface area contributed by atoms with Gasteiger partial charge in [-0.1, -0.05) is 0 Å². The molecule has 0 spiro atoms. The van der Waals surface area contributed by atoms with Gasteiger partial charge in [0.2, 0.25) is 0 Å². The average Bonchev–Trinajstić information content (AvgIpc) is 2.14. The highest BCUT2D eigenvalue weighted by Gasteiger charge is 1.76. The third kappa shape index (κ3) is 0.810. The molecule has 0 atom stereocenters. The maximum atomic E-state index is 8.39. The first kappa shape index (κ1) is 4.40. The summed E-state index contributed by atoms with van der Waals surface area (Å²) in [5.41, 5.74) is 0. The molecule has 0 aliphatic carbocycles. The Morgan fingerprint density at radius 1 is 1.29 bits per heavy atom. The summed E-state index contributed by atoms with van der Waals surface area (Å²) >= 11 is 0. The van der Waals surface area contributed by atoms with E-state index in [0.29, 0.717) is 0 Å². The zero-order valence-electron chi connectivity index (χ0n) is 3.91. The lowest BCUT2D eigenvalue weighted by atomic mass is 10.7. The Kier molecular flexibility index (Phi) is 1.13. The topological polar surface area (TPSA) is 25.2 Å². The van der Waals surface area contributed by atoms with E-state index < -0.39 is 0 Å². The van der Waals surface area contributed by atoms with Crippen LogP contribution in [0.5, 0.6) is 0 Å². The summed E-state index contributed by atoms with van der Waals surface area (Å²) in [5, 5.41) is 8.39. The normalized spacial score (nSPS) is 9.29.